The highest BCUT2D eigenvalue weighted by atomic mass is 32.1. The molecule has 2 rings (SSSR count). The second kappa shape index (κ2) is 5.63. The molecule has 4 nitrogen and oxygen atoms in total. The Morgan fingerprint density at radius 3 is 2.85 bits per heavy atom. The van der Waals surface area contributed by atoms with Crippen LogP contribution in [0.15, 0.2) is 18.2 Å². The van der Waals surface area contributed by atoms with Gasteiger partial charge in [-0.25, -0.2) is 4.39 Å². The van der Waals surface area contributed by atoms with Gasteiger partial charge in [0.1, 0.15) is 10.8 Å². The van der Waals surface area contributed by atoms with E-state index in [9.17, 15) is 9.50 Å². The van der Waals surface area contributed by atoms with Gasteiger partial charge in [0.2, 0.25) is 0 Å². The van der Waals surface area contributed by atoms with Crippen molar-refractivity contribution in [2.75, 3.05) is 24.6 Å². The minimum Gasteiger partial charge on any atom is -0.394 e. The van der Waals surface area contributed by atoms with Crippen molar-refractivity contribution in [1.29, 1.82) is 0 Å². The van der Waals surface area contributed by atoms with E-state index >= 15 is 0 Å². The van der Waals surface area contributed by atoms with E-state index in [4.69, 9.17) is 22.7 Å². The molecule has 1 aromatic rings. The van der Waals surface area contributed by atoms with E-state index in [1.165, 1.54) is 6.07 Å². The van der Waals surface area contributed by atoms with Gasteiger partial charge >= 0.3 is 0 Å². The molecule has 1 atom stereocenters. The Balaban J connectivity index is 2.26. The van der Waals surface area contributed by atoms with E-state index in [1.54, 1.807) is 12.1 Å². The van der Waals surface area contributed by atoms with Gasteiger partial charge in [-0.1, -0.05) is 12.2 Å². The largest absolute Gasteiger partial charge is 0.394 e. The minimum atomic E-state index is -0.431. The summed E-state index contributed by atoms with van der Waals surface area (Å²) in [5, 5.41) is 9.30. The van der Waals surface area contributed by atoms with Gasteiger partial charge in [-0.2, -0.15) is 0 Å². The summed E-state index contributed by atoms with van der Waals surface area (Å²) in [6, 6.07) is 4.79. The molecule has 0 saturated carbocycles. The number of rotatable bonds is 3. The molecule has 1 fully saturated rings. The predicted octanol–water partition coefficient (Wildman–Crippen LogP) is 1.44. The van der Waals surface area contributed by atoms with Crippen LogP contribution in [0.4, 0.5) is 10.1 Å². The molecule has 20 heavy (non-hydrogen) atoms. The van der Waals surface area contributed by atoms with Gasteiger partial charge in [-0.15, -0.1) is 0 Å². The van der Waals surface area contributed by atoms with E-state index in [0.29, 0.717) is 13.1 Å². The Kier molecular flexibility index (Phi) is 4.27. The molecule has 0 amide bonds. The van der Waals surface area contributed by atoms with Gasteiger partial charge in [0.15, 0.2) is 0 Å². The third-order valence-corrected chi connectivity index (χ3v) is 3.49. The highest BCUT2D eigenvalue weighted by Crippen LogP contribution is 2.27. The summed E-state index contributed by atoms with van der Waals surface area (Å²) >= 11 is 4.79. The molecule has 3 N–H and O–H groups in total. The van der Waals surface area contributed by atoms with Crippen LogP contribution in [0.1, 0.15) is 19.4 Å². The third kappa shape index (κ3) is 3.26. The van der Waals surface area contributed by atoms with Crippen LogP contribution in [-0.4, -0.2) is 41.5 Å². The summed E-state index contributed by atoms with van der Waals surface area (Å²) in [4.78, 5) is 2.04. The van der Waals surface area contributed by atoms with Crippen molar-refractivity contribution in [3.05, 3.63) is 29.6 Å². The van der Waals surface area contributed by atoms with Crippen LogP contribution in [0.2, 0.25) is 0 Å². The van der Waals surface area contributed by atoms with Gasteiger partial charge < -0.3 is 20.5 Å². The number of anilines is 1. The maximum Gasteiger partial charge on any atom is 0.135 e. The van der Waals surface area contributed by atoms with Crippen molar-refractivity contribution in [3.63, 3.8) is 0 Å². The van der Waals surface area contributed by atoms with Crippen LogP contribution in [0, 0.1) is 5.82 Å². The van der Waals surface area contributed by atoms with Crippen molar-refractivity contribution >= 4 is 22.9 Å². The van der Waals surface area contributed by atoms with Crippen LogP contribution in [0.3, 0.4) is 0 Å². The van der Waals surface area contributed by atoms with E-state index < -0.39 is 11.4 Å². The Morgan fingerprint density at radius 1 is 1.60 bits per heavy atom. The third-order valence-electron chi connectivity index (χ3n) is 3.27. The van der Waals surface area contributed by atoms with Crippen molar-refractivity contribution in [2.45, 2.75) is 25.6 Å². The first-order chi connectivity index (χ1) is 9.32. The standard InChI is InChI=1S/C14H19FN2O2S/c1-14(2)8-17(6-10(7-18)19-14)9-3-4-11(13(16)20)12(15)5-9/h3-5,10,18H,6-8H2,1-2H3,(H2,16,20). The van der Waals surface area contributed by atoms with E-state index in [2.05, 4.69) is 0 Å². The summed E-state index contributed by atoms with van der Waals surface area (Å²) in [6.07, 6.45) is -0.280. The number of nitrogens with two attached hydrogens (primary N) is 1. The minimum absolute atomic E-state index is 0.0459. The lowest BCUT2D eigenvalue weighted by Crippen LogP contribution is -2.54. The van der Waals surface area contributed by atoms with Crippen molar-refractivity contribution in [3.8, 4) is 0 Å². The lowest BCUT2D eigenvalue weighted by Gasteiger charge is -2.43. The molecule has 1 saturated heterocycles. The zero-order valence-corrected chi connectivity index (χ0v) is 12.4. The lowest BCUT2D eigenvalue weighted by atomic mass is 10.0. The second-order valence-electron chi connectivity index (χ2n) is 5.59. The molecule has 0 bridgehead atoms. The molecule has 110 valence electrons. The van der Waals surface area contributed by atoms with Gasteiger partial charge in [-0.3, -0.25) is 0 Å². The number of nitrogens with zero attached hydrogens (tertiary/aromatic N) is 1. The number of morpholine rings is 1. The number of benzene rings is 1. The fourth-order valence-corrected chi connectivity index (χ4v) is 2.65. The zero-order valence-electron chi connectivity index (χ0n) is 11.6. The molecule has 1 heterocycles. The average Bonchev–Trinajstić information content (AvgIpc) is 2.36. The number of thiocarbonyl (C=S) groups is 1. The first-order valence-electron chi connectivity index (χ1n) is 6.45. The van der Waals surface area contributed by atoms with E-state index in [-0.39, 0.29) is 23.3 Å². The van der Waals surface area contributed by atoms with Gasteiger partial charge in [-0.05, 0) is 32.0 Å². The van der Waals surface area contributed by atoms with Gasteiger partial charge in [0, 0.05) is 24.3 Å². The maximum absolute atomic E-state index is 14.0. The molecular formula is C14H19FN2O2S. The number of aliphatic hydroxyl groups is 1. The first-order valence-corrected chi connectivity index (χ1v) is 6.86. The zero-order chi connectivity index (χ0) is 14.9. The number of aliphatic hydroxyl groups excluding tert-OH is 1. The highest BCUT2D eigenvalue weighted by Gasteiger charge is 2.33. The number of halogens is 1. The first kappa shape index (κ1) is 15.2. The average molecular weight is 298 g/mol. The highest BCUT2D eigenvalue weighted by molar-refractivity contribution is 7.80. The quantitative estimate of drug-likeness (QED) is 0.827. The molecule has 0 radical (unpaired) electrons. The summed E-state index contributed by atoms with van der Waals surface area (Å²) < 4.78 is 19.7. The molecule has 1 aliphatic rings. The van der Waals surface area contributed by atoms with Crippen LogP contribution < -0.4 is 10.6 Å². The SMILES string of the molecule is CC1(C)CN(c2ccc(C(N)=S)c(F)c2)CC(CO)O1. The normalized spacial score (nSPS) is 21.8. The second-order valence-corrected chi connectivity index (χ2v) is 6.03. The molecule has 0 aliphatic carbocycles. The van der Waals surface area contributed by atoms with Crippen LogP contribution in [0.25, 0.3) is 0 Å². The fraction of sp³-hybridized carbons (Fsp3) is 0.500. The van der Waals surface area contributed by atoms with Crippen molar-refractivity contribution < 1.29 is 14.2 Å². The van der Waals surface area contributed by atoms with Crippen LogP contribution >= 0.6 is 12.2 Å². The Labute approximate surface area is 123 Å². The molecule has 6 heteroatoms. The lowest BCUT2D eigenvalue weighted by molar-refractivity contribution is -0.101. The Morgan fingerprint density at radius 2 is 2.30 bits per heavy atom. The summed E-state index contributed by atoms with van der Waals surface area (Å²) in [6.45, 7) is 4.97. The maximum atomic E-state index is 14.0. The Hall–Kier alpha value is -1.24. The summed E-state index contributed by atoms with van der Waals surface area (Å²) in [7, 11) is 0. The summed E-state index contributed by atoms with van der Waals surface area (Å²) in [5.74, 6) is -0.431. The van der Waals surface area contributed by atoms with Crippen LogP contribution in [0.5, 0.6) is 0 Å². The van der Waals surface area contributed by atoms with Gasteiger partial charge in [0.05, 0.1) is 18.3 Å². The molecule has 0 spiro atoms. The fourth-order valence-electron chi connectivity index (χ4n) is 2.49. The molecule has 1 aromatic carbocycles. The molecule has 0 aromatic heterocycles. The smallest absolute Gasteiger partial charge is 0.135 e. The number of ether oxygens (including phenoxy) is 1. The van der Waals surface area contributed by atoms with E-state index in [1.807, 2.05) is 18.7 Å². The molecule has 1 aliphatic heterocycles. The summed E-state index contributed by atoms with van der Waals surface area (Å²) in [5.41, 5.74) is 6.03. The number of hydrogen-bond donors (Lipinski definition) is 2. The monoisotopic (exact) mass is 298 g/mol. The van der Waals surface area contributed by atoms with Crippen molar-refractivity contribution in [2.24, 2.45) is 5.73 Å². The Bertz CT molecular complexity index is 522. The van der Waals surface area contributed by atoms with E-state index in [0.717, 1.165) is 5.69 Å². The van der Waals surface area contributed by atoms with Crippen LogP contribution in [-0.2, 0) is 4.74 Å². The molecule has 1 unspecified atom stereocenters. The van der Waals surface area contributed by atoms with Crippen molar-refractivity contribution in [1.82, 2.24) is 0 Å². The molecular weight excluding hydrogens is 279 g/mol. The topological polar surface area (TPSA) is 58.7 Å². The van der Waals surface area contributed by atoms with Gasteiger partial charge in [0.25, 0.3) is 0 Å². The number of hydrogen-bond acceptors (Lipinski definition) is 4. The predicted molar refractivity (Wildman–Crippen MR) is 80.5 cm³/mol.